The number of hydrogen-bond acceptors (Lipinski definition) is 4. The molecular formula is C17H23NO5. The molecule has 0 radical (unpaired) electrons. The van der Waals surface area contributed by atoms with Gasteiger partial charge in [-0.15, -0.1) is 0 Å². The van der Waals surface area contributed by atoms with Gasteiger partial charge >= 0.3 is 5.97 Å². The first-order valence-corrected chi connectivity index (χ1v) is 7.81. The van der Waals surface area contributed by atoms with Crippen molar-refractivity contribution in [1.82, 2.24) is 4.90 Å². The number of benzene rings is 1. The van der Waals surface area contributed by atoms with Gasteiger partial charge in [0.2, 0.25) is 0 Å². The van der Waals surface area contributed by atoms with Gasteiger partial charge < -0.3 is 19.5 Å². The zero-order valence-electron chi connectivity index (χ0n) is 13.6. The van der Waals surface area contributed by atoms with E-state index >= 15 is 0 Å². The summed E-state index contributed by atoms with van der Waals surface area (Å²) >= 11 is 0. The third kappa shape index (κ3) is 4.37. The summed E-state index contributed by atoms with van der Waals surface area (Å²) in [5, 5.41) is 9.19. The number of carboxylic acid groups (broad SMARTS) is 1. The molecule has 126 valence electrons. The number of hydrogen-bond donors (Lipinski definition) is 1. The largest absolute Gasteiger partial charge is 0.494 e. The Labute approximate surface area is 136 Å². The molecule has 1 heterocycles. The summed E-state index contributed by atoms with van der Waals surface area (Å²) in [7, 11) is 0. The smallest absolute Gasteiger partial charge is 0.311 e. The molecule has 1 aliphatic rings. The Morgan fingerprint density at radius 2 is 1.83 bits per heavy atom. The quantitative estimate of drug-likeness (QED) is 0.833. The summed E-state index contributed by atoms with van der Waals surface area (Å²) in [5.74, 6) is 0.294. The van der Waals surface area contributed by atoms with Crippen LogP contribution >= 0.6 is 0 Å². The minimum absolute atomic E-state index is 0.0924. The maximum Gasteiger partial charge on any atom is 0.311 e. The third-order valence-electron chi connectivity index (χ3n) is 4.00. The minimum Gasteiger partial charge on any atom is -0.494 e. The molecule has 1 aromatic carbocycles. The number of carbonyl (C=O) groups is 2. The van der Waals surface area contributed by atoms with Crippen LogP contribution in [0.3, 0.4) is 0 Å². The fourth-order valence-electron chi connectivity index (χ4n) is 2.44. The van der Waals surface area contributed by atoms with Crippen LogP contribution in [0, 0.1) is 5.41 Å². The van der Waals surface area contributed by atoms with E-state index in [1.807, 2.05) is 6.92 Å². The molecular weight excluding hydrogens is 298 g/mol. The minimum atomic E-state index is -0.864. The molecule has 1 aliphatic heterocycles. The van der Waals surface area contributed by atoms with Gasteiger partial charge in [-0.1, -0.05) is 6.92 Å². The third-order valence-corrected chi connectivity index (χ3v) is 4.00. The molecule has 1 unspecified atom stereocenters. The van der Waals surface area contributed by atoms with Crippen molar-refractivity contribution in [2.45, 2.75) is 26.7 Å². The molecule has 6 nitrogen and oxygen atoms in total. The topological polar surface area (TPSA) is 76.1 Å². The van der Waals surface area contributed by atoms with Crippen molar-refractivity contribution in [3.05, 3.63) is 24.3 Å². The average Bonchev–Trinajstić information content (AvgIpc) is 2.95. The van der Waals surface area contributed by atoms with Gasteiger partial charge in [-0.3, -0.25) is 9.59 Å². The summed E-state index contributed by atoms with van der Waals surface area (Å²) in [6.07, 6.45) is 1.41. The number of amides is 1. The van der Waals surface area contributed by atoms with Crippen molar-refractivity contribution < 1.29 is 24.2 Å². The van der Waals surface area contributed by atoms with E-state index in [-0.39, 0.29) is 19.1 Å². The second kappa shape index (κ2) is 7.35. The Balaban J connectivity index is 1.82. The zero-order valence-corrected chi connectivity index (χ0v) is 13.6. The highest BCUT2D eigenvalue weighted by Gasteiger charge is 2.42. The van der Waals surface area contributed by atoms with E-state index in [9.17, 15) is 14.7 Å². The van der Waals surface area contributed by atoms with Crippen LogP contribution in [0.5, 0.6) is 11.5 Å². The highest BCUT2D eigenvalue weighted by Crippen LogP contribution is 2.30. The Morgan fingerprint density at radius 1 is 1.22 bits per heavy atom. The van der Waals surface area contributed by atoms with Crippen LogP contribution in [0.1, 0.15) is 26.7 Å². The van der Waals surface area contributed by atoms with Crippen LogP contribution in [-0.2, 0) is 9.59 Å². The van der Waals surface area contributed by atoms with Crippen molar-refractivity contribution in [3.63, 3.8) is 0 Å². The summed E-state index contributed by atoms with van der Waals surface area (Å²) in [5.41, 5.74) is -0.853. The zero-order chi connectivity index (χ0) is 16.9. The molecule has 1 atom stereocenters. The summed E-state index contributed by atoms with van der Waals surface area (Å²) in [4.78, 5) is 24.9. The van der Waals surface area contributed by atoms with Crippen LogP contribution in [0.2, 0.25) is 0 Å². The van der Waals surface area contributed by atoms with Gasteiger partial charge in [0.1, 0.15) is 11.5 Å². The number of aliphatic carboxylic acids is 1. The standard InChI is InChI=1S/C17H23NO5/c1-3-10-22-13-4-6-14(7-5-13)23-11-15(19)18-9-8-17(2,12-18)16(20)21/h4-7H,3,8-12H2,1-2H3,(H,20,21). The number of carbonyl (C=O) groups excluding carboxylic acids is 1. The maximum atomic E-state index is 12.1. The highest BCUT2D eigenvalue weighted by atomic mass is 16.5. The molecule has 0 bridgehead atoms. The molecule has 6 heteroatoms. The van der Waals surface area contributed by atoms with Gasteiger partial charge in [0, 0.05) is 13.1 Å². The first-order valence-electron chi connectivity index (χ1n) is 7.81. The second-order valence-corrected chi connectivity index (χ2v) is 6.04. The number of rotatable bonds is 7. The summed E-state index contributed by atoms with van der Waals surface area (Å²) in [6, 6.07) is 7.10. The van der Waals surface area contributed by atoms with Crippen LogP contribution in [0.15, 0.2) is 24.3 Å². The van der Waals surface area contributed by atoms with Crippen LogP contribution < -0.4 is 9.47 Å². The molecule has 0 aliphatic carbocycles. The SMILES string of the molecule is CCCOc1ccc(OCC(=O)N2CCC(C)(C(=O)O)C2)cc1. The van der Waals surface area contributed by atoms with E-state index < -0.39 is 11.4 Å². The number of nitrogens with zero attached hydrogens (tertiary/aromatic N) is 1. The molecule has 1 amide bonds. The molecule has 0 spiro atoms. The van der Waals surface area contributed by atoms with Crippen molar-refractivity contribution in [2.75, 3.05) is 26.3 Å². The van der Waals surface area contributed by atoms with E-state index in [4.69, 9.17) is 9.47 Å². The molecule has 1 fully saturated rings. The van der Waals surface area contributed by atoms with Crippen LogP contribution in [0.4, 0.5) is 0 Å². The van der Waals surface area contributed by atoms with Gasteiger partial charge in [-0.05, 0) is 44.0 Å². The van der Waals surface area contributed by atoms with E-state index in [1.54, 1.807) is 36.1 Å². The lowest BCUT2D eigenvalue weighted by atomic mass is 9.90. The molecule has 1 N–H and O–H groups in total. The Kier molecular flexibility index (Phi) is 5.47. The van der Waals surface area contributed by atoms with E-state index in [0.29, 0.717) is 25.3 Å². The Morgan fingerprint density at radius 3 is 2.35 bits per heavy atom. The molecule has 2 rings (SSSR count). The van der Waals surface area contributed by atoms with Gasteiger partial charge in [0.25, 0.3) is 5.91 Å². The maximum absolute atomic E-state index is 12.1. The molecule has 0 saturated carbocycles. The van der Waals surface area contributed by atoms with Gasteiger partial charge in [0.05, 0.1) is 12.0 Å². The monoisotopic (exact) mass is 321 g/mol. The lowest BCUT2D eigenvalue weighted by molar-refractivity contribution is -0.147. The average molecular weight is 321 g/mol. The fourth-order valence-corrected chi connectivity index (χ4v) is 2.44. The predicted molar refractivity (Wildman–Crippen MR) is 84.7 cm³/mol. The normalized spacial score (nSPS) is 20.3. The van der Waals surface area contributed by atoms with Gasteiger partial charge in [-0.25, -0.2) is 0 Å². The fraction of sp³-hybridized carbons (Fsp3) is 0.529. The Bertz CT molecular complexity index is 557. The summed E-state index contributed by atoms with van der Waals surface area (Å²) < 4.78 is 11.0. The van der Waals surface area contributed by atoms with Crippen LogP contribution in [-0.4, -0.2) is 48.2 Å². The molecule has 1 aromatic rings. The van der Waals surface area contributed by atoms with Crippen molar-refractivity contribution >= 4 is 11.9 Å². The second-order valence-electron chi connectivity index (χ2n) is 6.04. The lowest BCUT2D eigenvalue weighted by Gasteiger charge is -2.20. The van der Waals surface area contributed by atoms with Crippen molar-refractivity contribution in [2.24, 2.45) is 5.41 Å². The Hall–Kier alpha value is -2.24. The number of ether oxygens (including phenoxy) is 2. The van der Waals surface area contributed by atoms with E-state index in [0.717, 1.165) is 12.2 Å². The van der Waals surface area contributed by atoms with E-state index in [2.05, 4.69) is 0 Å². The van der Waals surface area contributed by atoms with Crippen LogP contribution in [0.25, 0.3) is 0 Å². The first-order chi connectivity index (χ1) is 10.9. The number of likely N-dealkylation sites (tertiary alicyclic amines) is 1. The van der Waals surface area contributed by atoms with Crippen molar-refractivity contribution in [3.8, 4) is 11.5 Å². The molecule has 0 aromatic heterocycles. The van der Waals surface area contributed by atoms with Gasteiger partial charge in [0.15, 0.2) is 6.61 Å². The highest BCUT2D eigenvalue weighted by molar-refractivity contribution is 5.81. The number of carboxylic acids is 1. The summed E-state index contributed by atoms with van der Waals surface area (Å²) in [6.45, 7) is 4.96. The molecule has 23 heavy (non-hydrogen) atoms. The van der Waals surface area contributed by atoms with Crippen molar-refractivity contribution in [1.29, 1.82) is 0 Å². The lowest BCUT2D eigenvalue weighted by Crippen LogP contribution is -2.37. The molecule has 1 saturated heterocycles. The first kappa shape index (κ1) is 17.1. The van der Waals surface area contributed by atoms with E-state index in [1.165, 1.54) is 0 Å². The van der Waals surface area contributed by atoms with Gasteiger partial charge in [-0.2, -0.15) is 0 Å². The predicted octanol–water partition coefficient (Wildman–Crippen LogP) is 2.18.